The predicted molar refractivity (Wildman–Crippen MR) is 133 cm³/mol. The molecule has 7 nitrogen and oxygen atoms in total. The first-order valence-electron chi connectivity index (χ1n) is 11.7. The Morgan fingerprint density at radius 3 is 2.30 bits per heavy atom. The number of amides is 1. The molecule has 0 spiro atoms. The Morgan fingerprint density at radius 1 is 1.09 bits per heavy atom. The Balaban J connectivity index is 1.90. The molecule has 180 valence electrons. The fourth-order valence-corrected chi connectivity index (χ4v) is 4.87. The summed E-state index contributed by atoms with van der Waals surface area (Å²) in [6, 6.07) is 7.82. The number of hydrogen-bond acceptors (Lipinski definition) is 5. The van der Waals surface area contributed by atoms with Crippen LogP contribution in [-0.4, -0.2) is 74.3 Å². The molecule has 0 bridgehead atoms. The van der Waals surface area contributed by atoms with Gasteiger partial charge in [-0.15, -0.1) is 11.8 Å². The van der Waals surface area contributed by atoms with E-state index < -0.39 is 10.7 Å². The molecule has 0 unspecified atom stereocenters. The number of hydrogen-bond donors (Lipinski definition) is 1. The molecule has 2 aromatic rings. The van der Waals surface area contributed by atoms with Crippen LogP contribution in [-0.2, 0) is 11.3 Å². The van der Waals surface area contributed by atoms with Crippen molar-refractivity contribution in [3.8, 4) is 11.4 Å². The van der Waals surface area contributed by atoms with Crippen LogP contribution in [0.25, 0.3) is 11.4 Å². The smallest absolute Gasteiger partial charge is 0.319 e. The third kappa shape index (κ3) is 5.98. The normalized spacial score (nSPS) is 15.1. The van der Waals surface area contributed by atoms with Crippen LogP contribution in [0.3, 0.4) is 0 Å². The van der Waals surface area contributed by atoms with Crippen molar-refractivity contribution in [2.45, 2.75) is 63.1 Å². The Hall–Kier alpha value is -2.32. The minimum Gasteiger partial charge on any atom is -0.480 e. The highest BCUT2D eigenvalue weighted by Gasteiger charge is 2.29. The van der Waals surface area contributed by atoms with Gasteiger partial charge in [-0.25, -0.2) is 4.98 Å². The monoisotopic (exact) mass is 472 g/mol. The first kappa shape index (κ1) is 25.3. The van der Waals surface area contributed by atoms with E-state index in [0.29, 0.717) is 5.69 Å². The lowest BCUT2D eigenvalue weighted by Gasteiger charge is -2.32. The van der Waals surface area contributed by atoms with Crippen LogP contribution in [0.1, 0.15) is 56.2 Å². The fourth-order valence-electron chi connectivity index (χ4n) is 3.92. The van der Waals surface area contributed by atoms with Crippen molar-refractivity contribution in [3.63, 3.8) is 0 Å². The molecule has 1 amide bonds. The standard InChI is InChI=1S/C25H36N4O3S/c1-6-7-8-13-29-18(2)21(23(30)28-16-14-27(5)15-17-28)26-22(29)19-9-11-20(12-10-19)33-25(3,4)24(31)32/h9-12H,6-8,13-17H2,1-5H3,(H,31,32). The van der Waals surface area contributed by atoms with Crippen LogP contribution in [0.5, 0.6) is 0 Å². The van der Waals surface area contributed by atoms with Crippen molar-refractivity contribution in [2.24, 2.45) is 0 Å². The van der Waals surface area contributed by atoms with Gasteiger partial charge in [0.25, 0.3) is 5.91 Å². The molecule has 1 aliphatic rings. The van der Waals surface area contributed by atoms with Gasteiger partial charge in [-0.05, 0) is 46.4 Å². The molecule has 0 atom stereocenters. The summed E-state index contributed by atoms with van der Waals surface area (Å²) in [5.41, 5.74) is 2.39. The maximum absolute atomic E-state index is 13.3. The van der Waals surface area contributed by atoms with E-state index in [1.807, 2.05) is 36.1 Å². The first-order chi connectivity index (χ1) is 15.6. The van der Waals surface area contributed by atoms with Crippen molar-refractivity contribution < 1.29 is 14.7 Å². The van der Waals surface area contributed by atoms with E-state index in [-0.39, 0.29) is 5.91 Å². The molecule has 1 fully saturated rings. The second kappa shape index (κ2) is 10.7. The number of unbranched alkanes of at least 4 members (excludes halogenated alkanes) is 2. The number of aliphatic carboxylic acids is 1. The molecule has 0 saturated carbocycles. The number of carbonyl (C=O) groups excluding carboxylic acids is 1. The van der Waals surface area contributed by atoms with E-state index in [9.17, 15) is 14.7 Å². The van der Waals surface area contributed by atoms with Crippen molar-refractivity contribution in [3.05, 3.63) is 35.7 Å². The number of likely N-dealkylation sites (N-methyl/N-ethyl adjacent to an activating group) is 1. The molecule has 0 radical (unpaired) electrons. The first-order valence-corrected chi connectivity index (χ1v) is 12.5. The molecule has 1 aromatic heterocycles. The van der Waals surface area contributed by atoms with E-state index in [0.717, 1.165) is 74.0 Å². The third-order valence-corrected chi connectivity index (χ3v) is 7.39. The second-order valence-electron chi connectivity index (χ2n) is 9.27. The minimum atomic E-state index is -0.904. The van der Waals surface area contributed by atoms with Crippen LogP contribution in [0.15, 0.2) is 29.2 Å². The summed E-state index contributed by atoms with van der Waals surface area (Å²) >= 11 is 1.32. The zero-order valence-corrected chi connectivity index (χ0v) is 21.2. The van der Waals surface area contributed by atoms with Gasteiger partial charge in [0.15, 0.2) is 0 Å². The quantitative estimate of drug-likeness (QED) is 0.431. The van der Waals surface area contributed by atoms with E-state index in [2.05, 4.69) is 23.4 Å². The van der Waals surface area contributed by atoms with Crippen molar-refractivity contribution in [1.82, 2.24) is 19.4 Å². The van der Waals surface area contributed by atoms with Gasteiger partial charge in [-0.3, -0.25) is 9.59 Å². The van der Waals surface area contributed by atoms with Crippen LogP contribution in [0, 0.1) is 6.92 Å². The molecule has 0 aliphatic carbocycles. The van der Waals surface area contributed by atoms with Gasteiger partial charge >= 0.3 is 5.97 Å². The van der Waals surface area contributed by atoms with Crippen LogP contribution >= 0.6 is 11.8 Å². The largest absolute Gasteiger partial charge is 0.480 e. The molecular formula is C25H36N4O3S. The van der Waals surface area contributed by atoms with E-state index >= 15 is 0 Å². The van der Waals surface area contributed by atoms with Gasteiger partial charge in [-0.2, -0.15) is 0 Å². The molecule has 33 heavy (non-hydrogen) atoms. The van der Waals surface area contributed by atoms with Crippen LogP contribution < -0.4 is 0 Å². The minimum absolute atomic E-state index is 0.00600. The van der Waals surface area contributed by atoms with E-state index in [1.165, 1.54) is 11.8 Å². The average Bonchev–Trinajstić information content (AvgIpc) is 3.10. The van der Waals surface area contributed by atoms with Gasteiger partial charge in [0.1, 0.15) is 16.3 Å². The average molecular weight is 473 g/mol. The van der Waals surface area contributed by atoms with Crippen LogP contribution in [0.2, 0.25) is 0 Å². The number of thioether (sulfide) groups is 1. The summed E-state index contributed by atoms with van der Waals surface area (Å²) in [6.07, 6.45) is 3.28. The van der Waals surface area contributed by atoms with E-state index in [4.69, 9.17) is 4.98 Å². The predicted octanol–water partition coefficient (Wildman–Crippen LogP) is 4.39. The number of aromatic nitrogens is 2. The van der Waals surface area contributed by atoms with Crippen LogP contribution in [0.4, 0.5) is 0 Å². The Morgan fingerprint density at radius 2 is 1.73 bits per heavy atom. The molecule has 1 aliphatic heterocycles. The lowest BCUT2D eigenvalue weighted by Crippen LogP contribution is -2.47. The molecule has 1 N–H and O–H groups in total. The number of nitrogens with zero attached hydrogens (tertiary/aromatic N) is 4. The van der Waals surface area contributed by atoms with E-state index in [1.54, 1.807) is 13.8 Å². The van der Waals surface area contributed by atoms with Crippen molar-refractivity contribution in [1.29, 1.82) is 0 Å². The number of carboxylic acid groups (broad SMARTS) is 1. The maximum Gasteiger partial charge on any atom is 0.319 e. The van der Waals surface area contributed by atoms with Crippen molar-refractivity contribution in [2.75, 3.05) is 33.2 Å². The third-order valence-electron chi connectivity index (χ3n) is 6.20. The Labute approximate surface area is 201 Å². The molecule has 1 saturated heterocycles. The number of carbonyl (C=O) groups is 2. The highest BCUT2D eigenvalue weighted by Crippen LogP contribution is 2.34. The van der Waals surface area contributed by atoms with Gasteiger partial charge in [0, 0.05) is 48.9 Å². The number of piperazine rings is 1. The topological polar surface area (TPSA) is 78.7 Å². The van der Waals surface area contributed by atoms with Gasteiger partial charge in [0.2, 0.25) is 0 Å². The number of rotatable bonds is 9. The summed E-state index contributed by atoms with van der Waals surface area (Å²) in [7, 11) is 2.08. The SMILES string of the molecule is CCCCCn1c(-c2ccc(SC(C)(C)C(=O)O)cc2)nc(C(=O)N2CCN(C)CC2)c1C. The maximum atomic E-state index is 13.3. The zero-order chi connectivity index (χ0) is 24.2. The second-order valence-corrected chi connectivity index (χ2v) is 11.0. The molecular weight excluding hydrogens is 436 g/mol. The van der Waals surface area contributed by atoms with Gasteiger partial charge in [0.05, 0.1) is 0 Å². The lowest BCUT2D eigenvalue weighted by molar-refractivity contribution is -0.138. The summed E-state index contributed by atoms with van der Waals surface area (Å²) < 4.78 is 1.27. The fraction of sp³-hybridized carbons (Fsp3) is 0.560. The van der Waals surface area contributed by atoms with Gasteiger partial charge in [-0.1, -0.05) is 31.9 Å². The summed E-state index contributed by atoms with van der Waals surface area (Å²) in [6.45, 7) is 11.6. The summed E-state index contributed by atoms with van der Waals surface area (Å²) in [5, 5.41) is 9.41. The molecule has 2 heterocycles. The molecule has 3 rings (SSSR count). The zero-order valence-electron chi connectivity index (χ0n) is 20.4. The lowest BCUT2D eigenvalue weighted by atomic mass is 10.2. The number of benzene rings is 1. The number of imidazole rings is 1. The number of carboxylic acids is 1. The van der Waals surface area contributed by atoms with Crippen molar-refractivity contribution >= 4 is 23.6 Å². The highest BCUT2D eigenvalue weighted by atomic mass is 32.2. The molecule has 8 heteroatoms. The highest BCUT2D eigenvalue weighted by molar-refractivity contribution is 8.01. The van der Waals surface area contributed by atoms with Gasteiger partial charge < -0.3 is 19.5 Å². The molecule has 1 aromatic carbocycles. The summed E-state index contributed by atoms with van der Waals surface area (Å²) in [5.74, 6) is -0.0349. The Bertz CT molecular complexity index is 976. The summed E-state index contributed by atoms with van der Waals surface area (Å²) in [4.78, 5) is 34.6. The Kier molecular flexibility index (Phi) is 8.23.